The van der Waals surface area contributed by atoms with Gasteiger partial charge in [0.2, 0.25) is 0 Å². The van der Waals surface area contributed by atoms with Crippen LogP contribution in [0.15, 0.2) is 24.5 Å². The van der Waals surface area contributed by atoms with Crippen LogP contribution in [0.5, 0.6) is 0 Å². The van der Waals surface area contributed by atoms with Gasteiger partial charge in [0, 0.05) is 30.3 Å². The molecule has 2 aromatic heterocycles. The maximum absolute atomic E-state index is 4.59. The first kappa shape index (κ1) is 10.9. The maximum atomic E-state index is 4.59. The summed E-state index contributed by atoms with van der Waals surface area (Å²) in [7, 11) is 0. The first-order chi connectivity index (χ1) is 8.38. The molecule has 17 heavy (non-hydrogen) atoms. The quantitative estimate of drug-likeness (QED) is 0.812. The minimum Gasteiger partial charge on any atom is -0.353 e. The average Bonchev–Trinajstić information content (AvgIpc) is 3.20. The van der Waals surface area contributed by atoms with Gasteiger partial charge in [-0.1, -0.05) is 15.9 Å². The van der Waals surface area contributed by atoms with Gasteiger partial charge in [0.15, 0.2) is 5.65 Å². The lowest BCUT2D eigenvalue weighted by Crippen LogP contribution is -2.28. The second-order valence-electron chi connectivity index (χ2n) is 4.18. The van der Waals surface area contributed by atoms with Crippen LogP contribution in [0.1, 0.15) is 12.8 Å². The summed E-state index contributed by atoms with van der Waals surface area (Å²) in [6.45, 7) is 0.990. The smallest absolute Gasteiger partial charge is 0.180 e. The molecule has 0 aliphatic heterocycles. The fourth-order valence-corrected chi connectivity index (χ4v) is 2.35. The second-order valence-corrected chi connectivity index (χ2v) is 4.98. The zero-order valence-electron chi connectivity index (χ0n) is 9.38. The molecule has 0 amide bonds. The number of halogens is 1. The highest BCUT2D eigenvalue weighted by atomic mass is 79.9. The Balaban J connectivity index is 1.97. The molecule has 2 aromatic rings. The second kappa shape index (κ2) is 4.56. The fourth-order valence-electron chi connectivity index (χ4n) is 1.97. The third kappa shape index (κ3) is 2.24. The summed E-state index contributed by atoms with van der Waals surface area (Å²) in [6.07, 6.45) is 5.92. The number of fused-ring (bicyclic) bond motifs is 1. The number of alkyl halides is 1. The zero-order valence-corrected chi connectivity index (χ0v) is 11.0. The largest absolute Gasteiger partial charge is 0.353 e. The Labute approximate surface area is 108 Å². The molecular weight excluding hydrogens is 280 g/mol. The molecule has 5 heteroatoms. The Morgan fingerprint density at radius 3 is 2.82 bits per heavy atom. The van der Waals surface area contributed by atoms with Crippen molar-refractivity contribution in [2.75, 3.05) is 16.8 Å². The number of hydrogen-bond donors (Lipinski definition) is 0. The average molecular weight is 293 g/mol. The van der Waals surface area contributed by atoms with Gasteiger partial charge >= 0.3 is 0 Å². The maximum Gasteiger partial charge on any atom is 0.180 e. The SMILES string of the molecule is BrCCN(c1ccc2nccnc2n1)C1CC1. The topological polar surface area (TPSA) is 41.9 Å². The number of aromatic nitrogens is 3. The first-order valence-electron chi connectivity index (χ1n) is 5.79. The summed E-state index contributed by atoms with van der Waals surface area (Å²) in [6, 6.07) is 4.70. The van der Waals surface area contributed by atoms with E-state index in [0.717, 1.165) is 28.9 Å². The molecule has 0 N–H and O–H groups in total. The van der Waals surface area contributed by atoms with Crippen LogP contribution < -0.4 is 4.90 Å². The summed E-state index contributed by atoms with van der Waals surface area (Å²) in [5.41, 5.74) is 1.58. The van der Waals surface area contributed by atoms with Crippen LogP contribution in [0.3, 0.4) is 0 Å². The van der Waals surface area contributed by atoms with E-state index < -0.39 is 0 Å². The highest BCUT2D eigenvalue weighted by Gasteiger charge is 2.29. The van der Waals surface area contributed by atoms with Gasteiger partial charge in [-0.25, -0.2) is 9.97 Å². The summed E-state index contributed by atoms with van der Waals surface area (Å²) in [5.74, 6) is 1.01. The van der Waals surface area contributed by atoms with Crippen molar-refractivity contribution in [3.05, 3.63) is 24.5 Å². The summed E-state index contributed by atoms with van der Waals surface area (Å²) < 4.78 is 0. The number of nitrogens with zero attached hydrogens (tertiary/aromatic N) is 4. The van der Waals surface area contributed by atoms with Crippen molar-refractivity contribution in [3.63, 3.8) is 0 Å². The Morgan fingerprint density at radius 1 is 1.24 bits per heavy atom. The standard InChI is InChI=1S/C12H13BrN4/c13-5-8-17(9-1-2-9)11-4-3-10-12(16-11)15-7-6-14-10/h3-4,6-7,9H,1-2,5,8H2. The van der Waals surface area contributed by atoms with Crippen molar-refractivity contribution >= 4 is 32.9 Å². The lowest BCUT2D eigenvalue weighted by molar-refractivity contribution is 0.818. The van der Waals surface area contributed by atoms with Gasteiger partial charge in [0.1, 0.15) is 11.3 Å². The van der Waals surface area contributed by atoms with Crippen LogP contribution in [-0.2, 0) is 0 Å². The fraction of sp³-hybridized carbons (Fsp3) is 0.417. The summed E-state index contributed by atoms with van der Waals surface area (Å²) in [4.78, 5) is 15.4. The van der Waals surface area contributed by atoms with Crippen molar-refractivity contribution < 1.29 is 0 Å². The molecule has 3 rings (SSSR count). The van der Waals surface area contributed by atoms with E-state index in [2.05, 4.69) is 35.8 Å². The lowest BCUT2D eigenvalue weighted by Gasteiger charge is -2.22. The Kier molecular flexibility index (Phi) is 2.93. The van der Waals surface area contributed by atoms with E-state index in [0.29, 0.717) is 6.04 Å². The van der Waals surface area contributed by atoms with E-state index >= 15 is 0 Å². The predicted octanol–water partition coefficient (Wildman–Crippen LogP) is 2.39. The highest BCUT2D eigenvalue weighted by molar-refractivity contribution is 9.09. The van der Waals surface area contributed by atoms with Crippen LogP contribution >= 0.6 is 15.9 Å². The summed E-state index contributed by atoms with van der Waals surface area (Å²) >= 11 is 3.50. The molecule has 1 saturated carbocycles. The highest BCUT2D eigenvalue weighted by Crippen LogP contribution is 2.30. The molecule has 0 bridgehead atoms. The van der Waals surface area contributed by atoms with Crippen molar-refractivity contribution in [2.45, 2.75) is 18.9 Å². The lowest BCUT2D eigenvalue weighted by atomic mass is 10.3. The van der Waals surface area contributed by atoms with E-state index in [4.69, 9.17) is 0 Å². The van der Waals surface area contributed by atoms with Crippen molar-refractivity contribution in [2.24, 2.45) is 0 Å². The molecule has 2 heterocycles. The van der Waals surface area contributed by atoms with Crippen LogP contribution in [0, 0.1) is 0 Å². The van der Waals surface area contributed by atoms with E-state index in [1.165, 1.54) is 12.8 Å². The minimum absolute atomic E-state index is 0.661. The molecule has 0 radical (unpaired) electrons. The normalized spacial score (nSPS) is 15.1. The van der Waals surface area contributed by atoms with Crippen LogP contribution in [-0.4, -0.2) is 32.9 Å². The number of hydrogen-bond acceptors (Lipinski definition) is 4. The van der Waals surface area contributed by atoms with Crippen LogP contribution in [0.25, 0.3) is 11.2 Å². The van der Waals surface area contributed by atoms with Gasteiger partial charge in [-0.05, 0) is 25.0 Å². The van der Waals surface area contributed by atoms with Crippen LogP contribution in [0.4, 0.5) is 5.82 Å². The molecule has 0 unspecified atom stereocenters. The summed E-state index contributed by atoms with van der Waals surface area (Å²) in [5, 5.41) is 0.962. The van der Waals surface area contributed by atoms with E-state index in [1.807, 2.05) is 12.1 Å². The van der Waals surface area contributed by atoms with Crippen molar-refractivity contribution in [1.29, 1.82) is 0 Å². The number of rotatable bonds is 4. The molecule has 0 atom stereocenters. The Morgan fingerprint density at radius 2 is 2.06 bits per heavy atom. The molecule has 0 spiro atoms. The monoisotopic (exact) mass is 292 g/mol. The van der Waals surface area contributed by atoms with Gasteiger partial charge in [0.25, 0.3) is 0 Å². The van der Waals surface area contributed by atoms with E-state index in [9.17, 15) is 0 Å². The first-order valence-corrected chi connectivity index (χ1v) is 6.91. The molecule has 1 fully saturated rings. The third-order valence-electron chi connectivity index (χ3n) is 2.92. The third-order valence-corrected chi connectivity index (χ3v) is 3.28. The molecular formula is C12H13BrN4. The Bertz CT molecular complexity index is 527. The van der Waals surface area contributed by atoms with Crippen molar-refractivity contribution in [3.8, 4) is 0 Å². The van der Waals surface area contributed by atoms with Gasteiger partial charge in [0.05, 0.1) is 0 Å². The molecule has 1 aliphatic rings. The molecule has 0 saturated heterocycles. The molecule has 0 aromatic carbocycles. The van der Waals surface area contributed by atoms with Gasteiger partial charge in [-0.15, -0.1) is 0 Å². The van der Waals surface area contributed by atoms with E-state index in [-0.39, 0.29) is 0 Å². The van der Waals surface area contributed by atoms with E-state index in [1.54, 1.807) is 12.4 Å². The Hall–Kier alpha value is -1.23. The van der Waals surface area contributed by atoms with Gasteiger partial charge < -0.3 is 4.90 Å². The zero-order chi connectivity index (χ0) is 11.7. The van der Waals surface area contributed by atoms with Gasteiger partial charge in [-0.2, -0.15) is 0 Å². The molecule has 1 aliphatic carbocycles. The number of anilines is 1. The van der Waals surface area contributed by atoms with Gasteiger partial charge in [-0.3, -0.25) is 4.98 Å². The van der Waals surface area contributed by atoms with Crippen LogP contribution in [0.2, 0.25) is 0 Å². The molecule has 88 valence electrons. The predicted molar refractivity (Wildman–Crippen MR) is 71.5 cm³/mol. The minimum atomic E-state index is 0.661. The van der Waals surface area contributed by atoms with Crippen molar-refractivity contribution in [1.82, 2.24) is 15.0 Å². The number of pyridine rings is 1. The molecule has 4 nitrogen and oxygen atoms in total.